The summed E-state index contributed by atoms with van der Waals surface area (Å²) < 4.78 is 24.3. The van der Waals surface area contributed by atoms with Crippen molar-refractivity contribution in [3.8, 4) is 0 Å². The maximum Gasteiger partial charge on any atom is 0.341 e. The van der Waals surface area contributed by atoms with Crippen molar-refractivity contribution in [2.24, 2.45) is 7.05 Å². The minimum absolute atomic E-state index is 0.133. The van der Waals surface area contributed by atoms with Crippen LogP contribution in [0.5, 0.6) is 0 Å². The zero-order valence-electron chi connectivity index (χ0n) is 11.8. The minimum atomic E-state index is -1.03. The number of hydrogen-bond acceptors (Lipinski definition) is 5. The van der Waals surface area contributed by atoms with Gasteiger partial charge in [0.25, 0.3) is 0 Å². The van der Waals surface area contributed by atoms with Gasteiger partial charge < -0.3 is 9.47 Å². The van der Waals surface area contributed by atoms with Gasteiger partial charge in [0.15, 0.2) is 0 Å². The highest BCUT2D eigenvalue weighted by Crippen LogP contribution is 2.19. The topological polar surface area (TPSA) is 70.4 Å². The quantitative estimate of drug-likeness (QED) is 0.759. The SMILES string of the molecule is CCOC(=O)c1cnn(C)c1CS(=O)C1CCOCC1. The van der Waals surface area contributed by atoms with Crippen LogP contribution in [0.15, 0.2) is 6.20 Å². The van der Waals surface area contributed by atoms with E-state index < -0.39 is 16.8 Å². The highest BCUT2D eigenvalue weighted by Gasteiger charge is 2.24. The van der Waals surface area contributed by atoms with E-state index in [-0.39, 0.29) is 5.25 Å². The number of ether oxygens (including phenoxy) is 2. The molecule has 1 aliphatic heterocycles. The number of carbonyl (C=O) groups excluding carboxylic acids is 1. The van der Waals surface area contributed by atoms with Crippen LogP contribution in [-0.2, 0) is 33.1 Å². The molecule has 1 fully saturated rings. The van der Waals surface area contributed by atoms with Gasteiger partial charge in [-0.2, -0.15) is 5.10 Å². The van der Waals surface area contributed by atoms with Crippen LogP contribution in [0.25, 0.3) is 0 Å². The second-order valence-corrected chi connectivity index (χ2v) is 6.40. The summed E-state index contributed by atoms with van der Waals surface area (Å²) >= 11 is 0. The lowest BCUT2D eigenvalue weighted by molar-refractivity contribution is 0.0525. The van der Waals surface area contributed by atoms with Gasteiger partial charge in [0.05, 0.1) is 24.3 Å². The second-order valence-electron chi connectivity index (χ2n) is 4.69. The maximum atomic E-state index is 12.4. The Kier molecular flexibility index (Phi) is 5.31. The van der Waals surface area contributed by atoms with Gasteiger partial charge in [-0.1, -0.05) is 0 Å². The monoisotopic (exact) mass is 300 g/mol. The lowest BCUT2D eigenvalue weighted by atomic mass is 10.2. The molecular weight excluding hydrogens is 280 g/mol. The maximum absolute atomic E-state index is 12.4. The number of carbonyl (C=O) groups is 1. The molecule has 0 N–H and O–H groups in total. The first-order chi connectivity index (χ1) is 9.63. The Bertz CT molecular complexity index is 495. The molecule has 1 saturated heterocycles. The molecule has 1 unspecified atom stereocenters. The average Bonchev–Trinajstić information content (AvgIpc) is 2.81. The fourth-order valence-electron chi connectivity index (χ4n) is 2.20. The Morgan fingerprint density at radius 1 is 1.55 bits per heavy atom. The number of aryl methyl sites for hydroxylation is 1. The Balaban J connectivity index is 2.10. The van der Waals surface area contributed by atoms with Gasteiger partial charge in [0.2, 0.25) is 0 Å². The normalized spacial score (nSPS) is 17.9. The van der Waals surface area contributed by atoms with Crippen LogP contribution in [0, 0.1) is 0 Å². The molecule has 6 nitrogen and oxygen atoms in total. The summed E-state index contributed by atoms with van der Waals surface area (Å²) in [5.74, 6) is -0.0745. The standard InChI is InChI=1S/C13H20N2O4S/c1-3-19-13(16)11-8-14-15(2)12(11)9-20(17)10-4-6-18-7-5-10/h8,10H,3-7,9H2,1-2H3. The number of rotatable bonds is 5. The van der Waals surface area contributed by atoms with Crippen molar-refractivity contribution in [1.82, 2.24) is 9.78 Å². The smallest absolute Gasteiger partial charge is 0.341 e. The molecular formula is C13H20N2O4S. The van der Waals surface area contributed by atoms with Crippen LogP contribution >= 0.6 is 0 Å². The summed E-state index contributed by atoms with van der Waals surface area (Å²) in [5.41, 5.74) is 1.09. The molecule has 1 aromatic rings. The summed E-state index contributed by atoms with van der Waals surface area (Å²) in [7, 11) is 0.724. The third kappa shape index (κ3) is 3.46. The zero-order valence-corrected chi connectivity index (χ0v) is 12.6. The number of esters is 1. The Labute approximate surface area is 120 Å². The molecule has 2 rings (SSSR count). The zero-order chi connectivity index (χ0) is 14.5. The molecule has 0 aliphatic carbocycles. The van der Waals surface area contributed by atoms with Crippen molar-refractivity contribution >= 4 is 16.8 Å². The summed E-state index contributed by atoms with van der Waals surface area (Å²) in [6.45, 7) is 3.39. The van der Waals surface area contributed by atoms with E-state index >= 15 is 0 Å². The molecule has 0 bridgehead atoms. The minimum Gasteiger partial charge on any atom is -0.462 e. The van der Waals surface area contributed by atoms with E-state index in [4.69, 9.17) is 9.47 Å². The van der Waals surface area contributed by atoms with Gasteiger partial charge in [-0.25, -0.2) is 4.79 Å². The number of nitrogens with zero attached hydrogens (tertiary/aromatic N) is 2. The molecule has 112 valence electrons. The average molecular weight is 300 g/mol. The van der Waals surface area contributed by atoms with Gasteiger partial charge >= 0.3 is 5.97 Å². The van der Waals surface area contributed by atoms with Crippen molar-refractivity contribution in [2.45, 2.75) is 30.8 Å². The van der Waals surface area contributed by atoms with Crippen LogP contribution in [0.1, 0.15) is 35.8 Å². The molecule has 0 spiro atoms. The molecule has 1 aromatic heterocycles. The first kappa shape index (κ1) is 15.2. The third-order valence-electron chi connectivity index (χ3n) is 3.38. The predicted molar refractivity (Wildman–Crippen MR) is 74.9 cm³/mol. The fourth-order valence-corrected chi connectivity index (χ4v) is 3.77. The Morgan fingerprint density at radius 2 is 2.25 bits per heavy atom. The number of hydrogen-bond donors (Lipinski definition) is 0. The first-order valence-electron chi connectivity index (χ1n) is 6.76. The third-order valence-corrected chi connectivity index (χ3v) is 5.15. The van der Waals surface area contributed by atoms with E-state index in [1.54, 1.807) is 18.7 Å². The molecule has 0 amide bonds. The van der Waals surface area contributed by atoms with E-state index in [2.05, 4.69) is 5.10 Å². The highest BCUT2D eigenvalue weighted by molar-refractivity contribution is 7.84. The first-order valence-corrected chi connectivity index (χ1v) is 8.14. The lowest BCUT2D eigenvalue weighted by Crippen LogP contribution is -2.26. The van der Waals surface area contributed by atoms with Crippen LogP contribution in [0.2, 0.25) is 0 Å². The highest BCUT2D eigenvalue weighted by atomic mass is 32.2. The molecule has 1 atom stereocenters. The summed E-state index contributed by atoms with van der Waals surface area (Å²) in [6.07, 6.45) is 3.09. The van der Waals surface area contributed by atoms with E-state index in [0.29, 0.717) is 36.8 Å². The predicted octanol–water partition coefficient (Wildman–Crippen LogP) is 1.02. The van der Waals surface area contributed by atoms with E-state index in [1.165, 1.54) is 6.20 Å². The summed E-state index contributed by atoms with van der Waals surface area (Å²) in [5, 5.41) is 4.21. The molecule has 0 aromatic carbocycles. The molecule has 0 radical (unpaired) electrons. The van der Waals surface area contributed by atoms with Gasteiger partial charge in [0.1, 0.15) is 5.56 Å². The molecule has 7 heteroatoms. The van der Waals surface area contributed by atoms with Gasteiger partial charge in [-0.15, -0.1) is 0 Å². The van der Waals surface area contributed by atoms with E-state index in [1.807, 2.05) is 0 Å². The molecule has 1 aliphatic rings. The van der Waals surface area contributed by atoms with E-state index in [9.17, 15) is 9.00 Å². The van der Waals surface area contributed by atoms with Crippen LogP contribution < -0.4 is 0 Å². The van der Waals surface area contributed by atoms with Gasteiger partial charge in [-0.05, 0) is 19.8 Å². The largest absolute Gasteiger partial charge is 0.462 e. The molecule has 20 heavy (non-hydrogen) atoms. The van der Waals surface area contributed by atoms with Crippen molar-refractivity contribution in [3.05, 3.63) is 17.5 Å². The van der Waals surface area contributed by atoms with Crippen molar-refractivity contribution in [1.29, 1.82) is 0 Å². The summed E-state index contributed by atoms with van der Waals surface area (Å²) in [4.78, 5) is 11.8. The summed E-state index contributed by atoms with van der Waals surface area (Å²) in [6, 6.07) is 0. The van der Waals surface area contributed by atoms with Crippen LogP contribution in [-0.4, -0.2) is 45.0 Å². The Hall–Kier alpha value is -1.21. The van der Waals surface area contributed by atoms with E-state index in [0.717, 1.165) is 12.8 Å². The number of aromatic nitrogens is 2. The van der Waals surface area contributed by atoms with Crippen LogP contribution in [0.4, 0.5) is 0 Å². The Morgan fingerprint density at radius 3 is 2.90 bits per heavy atom. The van der Waals surface area contributed by atoms with Crippen molar-refractivity contribution < 1.29 is 18.5 Å². The molecule has 0 saturated carbocycles. The second kappa shape index (κ2) is 6.99. The fraction of sp³-hybridized carbons (Fsp3) is 0.692. The van der Waals surface area contributed by atoms with Gasteiger partial charge in [-0.3, -0.25) is 8.89 Å². The van der Waals surface area contributed by atoms with Crippen molar-refractivity contribution in [2.75, 3.05) is 19.8 Å². The van der Waals surface area contributed by atoms with Crippen LogP contribution in [0.3, 0.4) is 0 Å². The van der Waals surface area contributed by atoms with Gasteiger partial charge in [0, 0.05) is 36.3 Å². The lowest BCUT2D eigenvalue weighted by Gasteiger charge is -2.21. The van der Waals surface area contributed by atoms with Crippen molar-refractivity contribution in [3.63, 3.8) is 0 Å². The molecule has 2 heterocycles.